The van der Waals surface area contributed by atoms with Crippen molar-refractivity contribution in [3.63, 3.8) is 0 Å². The topological polar surface area (TPSA) is 71.8 Å². The van der Waals surface area contributed by atoms with E-state index in [1.165, 1.54) is 6.20 Å². The van der Waals surface area contributed by atoms with Gasteiger partial charge in [0.25, 0.3) is 0 Å². The van der Waals surface area contributed by atoms with E-state index in [0.29, 0.717) is 31.8 Å². The first-order chi connectivity index (χ1) is 12.0. The van der Waals surface area contributed by atoms with E-state index in [9.17, 15) is 19.1 Å². The van der Waals surface area contributed by atoms with Gasteiger partial charge in [0.15, 0.2) is 0 Å². The highest BCUT2D eigenvalue weighted by atomic mass is 35.5. The van der Waals surface area contributed by atoms with Gasteiger partial charge in [-0.25, -0.2) is 9.18 Å². The molecule has 1 aromatic carbocycles. The molecule has 1 saturated carbocycles. The summed E-state index contributed by atoms with van der Waals surface area (Å²) < 4.78 is 21.8. The number of anilines is 1. The zero-order valence-corrected chi connectivity index (χ0v) is 14.1. The van der Waals surface area contributed by atoms with Crippen molar-refractivity contribution in [3.05, 3.63) is 38.9 Å². The third kappa shape index (κ3) is 2.67. The molecule has 1 aliphatic carbocycles. The lowest BCUT2D eigenvalue weighted by atomic mass is 10.1. The summed E-state index contributed by atoms with van der Waals surface area (Å²) in [5, 5.41) is 9.44. The van der Waals surface area contributed by atoms with Crippen LogP contribution in [0.2, 0.25) is 5.02 Å². The van der Waals surface area contributed by atoms with Crippen LogP contribution < -0.4 is 10.3 Å². The Kier molecular flexibility index (Phi) is 3.92. The van der Waals surface area contributed by atoms with Crippen molar-refractivity contribution in [3.8, 4) is 0 Å². The normalized spacial score (nSPS) is 17.9. The lowest BCUT2D eigenvalue weighted by molar-refractivity contribution is 0.0695. The molecule has 0 amide bonds. The second-order valence-corrected chi connectivity index (χ2v) is 6.71. The molecule has 8 heteroatoms. The maximum Gasteiger partial charge on any atom is 0.341 e. The van der Waals surface area contributed by atoms with Crippen LogP contribution in [-0.2, 0) is 4.74 Å². The van der Waals surface area contributed by atoms with Crippen LogP contribution in [0.5, 0.6) is 0 Å². The maximum atomic E-state index is 14.8. The Labute approximate surface area is 147 Å². The fraction of sp³-hybridized carbons (Fsp3) is 0.412. The predicted octanol–water partition coefficient (Wildman–Crippen LogP) is 2.66. The van der Waals surface area contributed by atoms with Crippen molar-refractivity contribution >= 4 is 34.2 Å². The summed E-state index contributed by atoms with van der Waals surface area (Å²) in [5.74, 6) is -1.95. The molecule has 25 heavy (non-hydrogen) atoms. The van der Waals surface area contributed by atoms with Crippen molar-refractivity contribution in [2.45, 2.75) is 18.9 Å². The smallest absolute Gasteiger partial charge is 0.341 e. The van der Waals surface area contributed by atoms with Crippen LogP contribution in [0.15, 0.2) is 17.1 Å². The number of morpholine rings is 1. The van der Waals surface area contributed by atoms with Crippen LogP contribution in [0.1, 0.15) is 29.2 Å². The SMILES string of the molecule is O=C(O)c1cn(C2CC2)c2c(Cl)c(N3CCOCC3)c(F)cc2c1=O. The number of halogens is 2. The van der Waals surface area contributed by atoms with Crippen molar-refractivity contribution in [1.82, 2.24) is 4.57 Å². The fourth-order valence-electron chi connectivity index (χ4n) is 3.30. The van der Waals surface area contributed by atoms with E-state index in [4.69, 9.17) is 16.3 Å². The molecule has 0 atom stereocenters. The molecule has 0 radical (unpaired) electrons. The van der Waals surface area contributed by atoms with E-state index >= 15 is 0 Å². The highest BCUT2D eigenvalue weighted by Crippen LogP contribution is 2.42. The number of carboxylic acids is 1. The van der Waals surface area contributed by atoms with Crippen molar-refractivity contribution in [1.29, 1.82) is 0 Å². The first-order valence-electron chi connectivity index (χ1n) is 8.12. The minimum atomic E-state index is -1.32. The molecule has 0 spiro atoms. The standard InChI is InChI=1S/C17H16ClFN2O4/c18-13-14-10(7-12(19)15(13)20-3-5-25-6-4-20)16(22)11(17(23)24)8-21(14)9-1-2-9/h7-9H,1-6H2,(H,23,24). The first-order valence-corrected chi connectivity index (χ1v) is 8.49. The number of hydrogen-bond donors (Lipinski definition) is 1. The molecular formula is C17H16ClFN2O4. The van der Waals surface area contributed by atoms with Gasteiger partial charge < -0.3 is 19.3 Å². The Bertz CT molecular complexity index is 933. The van der Waals surface area contributed by atoms with Gasteiger partial charge in [0.2, 0.25) is 5.43 Å². The van der Waals surface area contributed by atoms with Gasteiger partial charge in [-0.15, -0.1) is 0 Å². The monoisotopic (exact) mass is 366 g/mol. The predicted molar refractivity (Wildman–Crippen MR) is 91.4 cm³/mol. The average molecular weight is 367 g/mol. The fourth-order valence-corrected chi connectivity index (χ4v) is 3.71. The largest absolute Gasteiger partial charge is 0.477 e. The molecule has 6 nitrogen and oxygen atoms in total. The van der Waals surface area contributed by atoms with Crippen LogP contribution in [0.25, 0.3) is 10.9 Å². The van der Waals surface area contributed by atoms with E-state index in [2.05, 4.69) is 0 Å². The van der Waals surface area contributed by atoms with Crippen LogP contribution in [0.3, 0.4) is 0 Å². The summed E-state index contributed by atoms with van der Waals surface area (Å²) in [6, 6.07) is 1.20. The Morgan fingerprint density at radius 1 is 1.32 bits per heavy atom. The minimum absolute atomic E-state index is 0.00584. The number of carboxylic acid groups (broad SMARTS) is 1. The summed E-state index contributed by atoms with van der Waals surface area (Å²) in [6.45, 7) is 1.95. The lowest BCUT2D eigenvalue weighted by Crippen LogP contribution is -2.37. The van der Waals surface area contributed by atoms with Crippen molar-refractivity contribution in [2.24, 2.45) is 0 Å². The van der Waals surface area contributed by atoms with E-state index in [-0.39, 0.29) is 27.7 Å². The van der Waals surface area contributed by atoms with Crippen molar-refractivity contribution in [2.75, 3.05) is 31.2 Å². The van der Waals surface area contributed by atoms with E-state index in [0.717, 1.165) is 18.9 Å². The van der Waals surface area contributed by atoms with Crippen LogP contribution in [0.4, 0.5) is 10.1 Å². The molecule has 2 fully saturated rings. The van der Waals surface area contributed by atoms with E-state index in [1.54, 1.807) is 9.47 Å². The third-order valence-electron chi connectivity index (χ3n) is 4.68. The summed E-state index contributed by atoms with van der Waals surface area (Å²) in [4.78, 5) is 25.7. The lowest BCUT2D eigenvalue weighted by Gasteiger charge is -2.30. The summed E-state index contributed by atoms with van der Waals surface area (Å²) in [5.41, 5.74) is -0.431. The van der Waals surface area contributed by atoms with Gasteiger partial charge in [0, 0.05) is 25.3 Å². The van der Waals surface area contributed by atoms with Gasteiger partial charge in [-0.3, -0.25) is 4.79 Å². The van der Waals surface area contributed by atoms with E-state index < -0.39 is 17.2 Å². The molecule has 1 saturated heterocycles. The summed E-state index contributed by atoms with van der Waals surface area (Å²) in [6.07, 6.45) is 3.08. The Balaban J connectivity index is 2.02. The number of pyridine rings is 1. The average Bonchev–Trinajstić information content (AvgIpc) is 3.41. The molecule has 0 bridgehead atoms. The number of fused-ring (bicyclic) bond motifs is 1. The molecular weight excluding hydrogens is 351 g/mol. The van der Waals surface area contributed by atoms with Crippen molar-refractivity contribution < 1.29 is 19.0 Å². The molecule has 1 N–H and O–H groups in total. The number of ether oxygens (including phenoxy) is 1. The molecule has 0 unspecified atom stereocenters. The van der Waals surface area contributed by atoms with Crippen LogP contribution in [0, 0.1) is 5.82 Å². The minimum Gasteiger partial charge on any atom is -0.477 e. The Hall–Kier alpha value is -2.12. The molecule has 2 aromatic rings. The molecule has 2 heterocycles. The van der Waals surface area contributed by atoms with Gasteiger partial charge in [-0.05, 0) is 18.9 Å². The highest BCUT2D eigenvalue weighted by molar-refractivity contribution is 6.38. The highest BCUT2D eigenvalue weighted by Gasteiger charge is 2.30. The molecule has 1 aromatic heterocycles. The number of aromatic carboxylic acids is 1. The number of benzene rings is 1. The number of rotatable bonds is 3. The number of carbonyl (C=O) groups is 1. The summed E-state index contributed by atoms with van der Waals surface area (Å²) >= 11 is 6.53. The van der Waals surface area contributed by atoms with Gasteiger partial charge in [0.1, 0.15) is 11.4 Å². The van der Waals surface area contributed by atoms with Gasteiger partial charge in [-0.2, -0.15) is 0 Å². The third-order valence-corrected chi connectivity index (χ3v) is 5.04. The first kappa shape index (κ1) is 16.4. The van der Waals surface area contributed by atoms with Gasteiger partial charge in [0.05, 0.1) is 34.8 Å². The number of aromatic nitrogens is 1. The number of nitrogens with zero attached hydrogens (tertiary/aromatic N) is 2. The second kappa shape index (κ2) is 6.00. The molecule has 132 valence electrons. The van der Waals surface area contributed by atoms with Gasteiger partial charge in [-0.1, -0.05) is 11.6 Å². The Morgan fingerprint density at radius 2 is 2.00 bits per heavy atom. The summed E-state index contributed by atoms with van der Waals surface area (Å²) in [7, 11) is 0. The molecule has 2 aliphatic rings. The maximum absolute atomic E-state index is 14.8. The second-order valence-electron chi connectivity index (χ2n) is 6.33. The number of hydrogen-bond acceptors (Lipinski definition) is 4. The van der Waals surface area contributed by atoms with Crippen LogP contribution in [-0.4, -0.2) is 41.9 Å². The molecule has 4 rings (SSSR count). The van der Waals surface area contributed by atoms with Crippen LogP contribution >= 0.6 is 11.6 Å². The van der Waals surface area contributed by atoms with E-state index in [1.807, 2.05) is 0 Å². The zero-order valence-electron chi connectivity index (χ0n) is 13.3. The zero-order chi connectivity index (χ0) is 17.7. The quantitative estimate of drug-likeness (QED) is 0.904. The molecule has 1 aliphatic heterocycles. The Morgan fingerprint density at radius 3 is 2.60 bits per heavy atom. The van der Waals surface area contributed by atoms with Gasteiger partial charge >= 0.3 is 5.97 Å².